The predicted octanol–water partition coefficient (Wildman–Crippen LogP) is 4.59. The molecular formula is C22H17N3O2. The zero-order chi connectivity index (χ0) is 18.6. The van der Waals surface area contributed by atoms with Crippen molar-refractivity contribution in [3.8, 4) is 45.4 Å². The lowest BCUT2D eigenvalue weighted by molar-refractivity contribution is 0.373. The van der Waals surface area contributed by atoms with Crippen LogP contribution < -0.4 is 4.74 Å². The normalized spacial score (nSPS) is 10.6. The van der Waals surface area contributed by atoms with Gasteiger partial charge in [-0.2, -0.15) is 0 Å². The van der Waals surface area contributed by atoms with Crippen molar-refractivity contribution in [3.63, 3.8) is 0 Å². The van der Waals surface area contributed by atoms with Crippen LogP contribution in [0.5, 0.6) is 11.5 Å². The van der Waals surface area contributed by atoms with E-state index in [1.165, 1.54) is 7.11 Å². The number of phenols is 1. The number of rotatable bonds is 4. The number of aromatic nitrogens is 3. The number of ether oxygens (including phenoxy) is 1. The highest BCUT2D eigenvalue weighted by Gasteiger charge is 2.11. The molecule has 27 heavy (non-hydrogen) atoms. The zero-order valence-corrected chi connectivity index (χ0v) is 14.7. The summed E-state index contributed by atoms with van der Waals surface area (Å²) in [7, 11) is 1.53. The maximum Gasteiger partial charge on any atom is 0.161 e. The van der Waals surface area contributed by atoms with Crippen molar-refractivity contribution < 1.29 is 9.84 Å². The first-order chi connectivity index (χ1) is 13.2. The number of nitrogens with zero attached hydrogens (tertiary/aromatic N) is 3. The molecule has 1 N–H and O–H groups in total. The van der Waals surface area contributed by atoms with Crippen molar-refractivity contribution in [1.29, 1.82) is 0 Å². The van der Waals surface area contributed by atoms with Gasteiger partial charge in [0.1, 0.15) is 0 Å². The van der Waals surface area contributed by atoms with Crippen LogP contribution in [0, 0.1) is 0 Å². The predicted molar refractivity (Wildman–Crippen MR) is 104 cm³/mol. The molecule has 0 saturated heterocycles. The maximum atomic E-state index is 9.89. The second-order valence-electron chi connectivity index (χ2n) is 5.94. The Balaban J connectivity index is 1.91. The smallest absolute Gasteiger partial charge is 0.161 e. The molecule has 0 spiro atoms. The van der Waals surface area contributed by atoms with Crippen molar-refractivity contribution in [2.45, 2.75) is 0 Å². The van der Waals surface area contributed by atoms with E-state index in [2.05, 4.69) is 9.97 Å². The fraction of sp³-hybridized carbons (Fsp3) is 0.0455. The van der Waals surface area contributed by atoms with Crippen LogP contribution in [-0.2, 0) is 0 Å². The Bertz CT molecular complexity index is 1010. The van der Waals surface area contributed by atoms with Crippen molar-refractivity contribution in [1.82, 2.24) is 15.0 Å². The summed E-state index contributed by atoms with van der Waals surface area (Å²) in [5.41, 5.74) is 4.90. The Labute approximate surface area is 157 Å². The third kappa shape index (κ3) is 3.48. The van der Waals surface area contributed by atoms with E-state index in [9.17, 15) is 5.11 Å². The molecule has 0 atom stereocenters. The third-order valence-electron chi connectivity index (χ3n) is 4.19. The molecule has 4 aromatic rings. The number of pyridine rings is 3. The number of hydrogen-bond acceptors (Lipinski definition) is 5. The summed E-state index contributed by atoms with van der Waals surface area (Å²) in [5.74, 6) is 0.522. The van der Waals surface area contributed by atoms with E-state index in [0.717, 1.165) is 33.9 Å². The highest BCUT2D eigenvalue weighted by atomic mass is 16.5. The van der Waals surface area contributed by atoms with Gasteiger partial charge in [-0.05, 0) is 59.7 Å². The summed E-state index contributed by atoms with van der Waals surface area (Å²) in [5, 5.41) is 9.89. The molecule has 4 rings (SSSR count). The molecule has 0 fully saturated rings. The summed E-state index contributed by atoms with van der Waals surface area (Å²) in [6.45, 7) is 0. The van der Waals surface area contributed by atoms with E-state index in [4.69, 9.17) is 9.72 Å². The molecule has 0 aliphatic heterocycles. The van der Waals surface area contributed by atoms with Crippen molar-refractivity contribution in [3.05, 3.63) is 79.1 Å². The van der Waals surface area contributed by atoms with Gasteiger partial charge in [-0.1, -0.05) is 18.2 Å². The van der Waals surface area contributed by atoms with Crippen molar-refractivity contribution in [2.75, 3.05) is 7.11 Å². The van der Waals surface area contributed by atoms with Crippen molar-refractivity contribution in [2.24, 2.45) is 0 Å². The van der Waals surface area contributed by atoms with E-state index >= 15 is 0 Å². The van der Waals surface area contributed by atoms with E-state index in [-0.39, 0.29) is 5.75 Å². The molecule has 3 aromatic heterocycles. The number of aromatic hydroxyl groups is 1. The van der Waals surface area contributed by atoms with E-state index < -0.39 is 0 Å². The quantitative estimate of drug-likeness (QED) is 0.580. The van der Waals surface area contributed by atoms with Crippen LogP contribution in [0.2, 0.25) is 0 Å². The fourth-order valence-electron chi connectivity index (χ4n) is 2.85. The molecule has 1 aromatic carbocycles. The van der Waals surface area contributed by atoms with Crippen LogP contribution in [-0.4, -0.2) is 27.2 Å². The van der Waals surface area contributed by atoms with Gasteiger partial charge in [-0.25, -0.2) is 4.98 Å². The van der Waals surface area contributed by atoms with Crippen LogP contribution in [0.15, 0.2) is 79.1 Å². The minimum atomic E-state index is 0.102. The molecule has 5 heteroatoms. The molecule has 0 amide bonds. The van der Waals surface area contributed by atoms with Gasteiger partial charge in [0.25, 0.3) is 0 Å². The van der Waals surface area contributed by atoms with Crippen LogP contribution in [0.25, 0.3) is 33.9 Å². The monoisotopic (exact) mass is 355 g/mol. The highest BCUT2D eigenvalue weighted by Crippen LogP contribution is 2.34. The first-order valence-corrected chi connectivity index (χ1v) is 8.47. The Morgan fingerprint density at radius 2 is 1.33 bits per heavy atom. The lowest BCUT2D eigenvalue weighted by Gasteiger charge is -2.11. The third-order valence-corrected chi connectivity index (χ3v) is 4.19. The first kappa shape index (κ1) is 16.7. The lowest BCUT2D eigenvalue weighted by Crippen LogP contribution is -1.94. The van der Waals surface area contributed by atoms with Gasteiger partial charge in [0.15, 0.2) is 11.5 Å². The number of phenolic OH excluding ortho intramolecular Hbond substituents is 1. The summed E-state index contributed by atoms with van der Waals surface area (Å²) in [6, 6.07) is 20.7. The molecular weight excluding hydrogens is 338 g/mol. The molecule has 0 bridgehead atoms. The van der Waals surface area contributed by atoms with Gasteiger partial charge < -0.3 is 9.84 Å². The van der Waals surface area contributed by atoms with Gasteiger partial charge >= 0.3 is 0 Å². The van der Waals surface area contributed by atoms with Crippen molar-refractivity contribution >= 4 is 0 Å². The van der Waals surface area contributed by atoms with Gasteiger partial charge in [-0.15, -0.1) is 0 Å². The largest absolute Gasteiger partial charge is 0.504 e. The zero-order valence-electron chi connectivity index (χ0n) is 14.7. The molecule has 132 valence electrons. The second-order valence-corrected chi connectivity index (χ2v) is 5.94. The van der Waals surface area contributed by atoms with Crippen LogP contribution in [0.4, 0.5) is 0 Å². The van der Waals surface area contributed by atoms with Gasteiger partial charge in [-0.3, -0.25) is 9.97 Å². The topological polar surface area (TPSA) is 68.1 Å². The lowest BCUT2D eigenvalue weighted by atomic mass is 10.0. The number of methoxy groups -OCH3 is 1. The van der Waals surface area contributed by atoms with Gasteiger partial charge in [0, 0.05) is 12.4 Å². The number of hydrogen-bond donors (Lipinski definition) is 1. The Morgan fingerprint density at radius 1 is 0.704 bits per heavy atom. The molecule has 0 unspecified atom stereocenters. The minimum absolute atomic E-state index is 0.102. The van der Waals surface area contributed by atoms with Crippen LogP contribution in [0.3, 0.4) is 0 Å². The Kier molecular flexibility index (Phi) is 4.49. The second kappa shape index (κ2) is 7.25. The first-order valence-electron chi connectivity index (χ1n) is 8.47. The Morgan fingerprint density at radius 3 is 1.85 bits per heavy atom. The molecule has 0 aliphatic carbocycles. The van der Waals surface area contributed by atoms with Gasteiger partial charge in [0.05, 0.1) is 29.9 Å². The average molecular weight is 355 g/mol. The Hall–Kier alpha value is -3.73. The van der Waals surface area contributed by atoms with Crippen LogP contribution in [0.1, 0.15) is 0 Å². The molecule has 0 aliphatic rings. The van der Waals surface area contributed by atoms with E-state index in [1.54, 1.807) is 24.5 Å². The van der Waals surface area contributed by atoms with E-state index in [1.807, 2.05) is 54.6 Å². The summed E-state index contributed by atoms with van der Waals surface area (Å²) < 4.78 is 5.25. The average Bonchev–Trinajstić information content (AvgIpc) is 2.75. The molecule has 5 nitrogen and oxygen atoms in total. The SMILES string of the molecule is COc1cc(-c2cc(-c3ccccn3)nc(-c3ccccn3)c2)ccc1O. The van der Waals surface area contributed by atoms with Crippen LogP contribution >= 0.6 is 0 Å². The summed E-state index contributed by atoms with van der Waals surface area (Å²) >= 11 is 0. The minimum Gasteiger partial charge on any atom is -0.504 e. The maximum absolute atomic E-state index is 9.89. The van der Waals surface area contributed by atoms with Gasteiger partial charge in [0.2, 0.25) is 0 Å². The number of benzene rings is 1. The molecule has 0 radical (unpaired) electrons. The summed E-state index contributed by atoms with van der Waals surface area (Å²) in [6.07, 6.45) is 3.49. The molecule has 3 heterocycles. The highest BCUT2D eigenvalue weighted by molar-refractivity contribution is 5.76. The van der Waals surface area contributed by atoms with E-state index in [0.29, 0.717) is 5.75 Å². The standard InChI is InChI=1S/C22H17N3O2/c1-27-22-14-15(8-9-21(22)26)16-12-19(17-6-2-4-10-23-17)25-20(13-16)18-7-3-5-11-24-18/h2-14,26H,1H3. The fourth-order valence-corrected chi connectivity index (χ4v) is 2.85. The molecule has 0 saturated carbocycles. The summed E-state index contributed by atoms with van der Waals surface area (Å²) in [4.78, 5) is 13.6.